The number of rotatable bonds is 2. The quantitative estimate of drug-likeness (QED) is 0.267. The van der Waals surface area contributed by atoms with Gasteiger partial charge < -0.3 is 9.90 Å². The molecule has 0 aliphatic carbocycles. The van der Waals surface area contributed by atoms with Crippen molar-refractivity contribution < 1.29 is 9.90 Å². The molecular formula is C5H5O2-. The van der Waals surface area contributed by atoms with E-state index >= 15 is 0 Å². The van der Waals surface area contributed by atoms with Gasteiger partial charge in [-0.25, -0.2) is 0 Å². The Morgan fingerprint density at radius 3 is 2.86 bits per heavy atom. The maximum Gasteiger partial charge on any atom is 0.124 e. The molecular weight excluding hydrogens is 92.1 g/mol. The van der Waals surface area contributed by atoms with Crippen LogP contribution in [-0.4, -0.2) is 6.29 Å². The van der Waals surface area contributed by atoms with E-state index in [9.17, 15) is 9.90 Å². The minimum absolute atomic E-state index is 0.277. The molecule has 0 aliphatic heterocycles. The van der Waals surface area contributed by atoms with Gasteiger partial charge in [0, 0.05) is 6.42 Å². The molecule has 0 saturated carbocycles. The molecule has 0 rings (SSSR count). The van der Waals surface area contributed by atoms with Gasteiger partial charge in [0.1, 0.15) is 6.29 Å². The average molecular weight is 97.1 g/mol. The number of carbonyl (C=O) groups is 1. The predicted molar refractivity (Wildman–Crippen MR) is 23.3 cm³/mol. The van der Waals surface area contributed by atoms with Gasteiger partial charge in [0.25, 0.3) is 0 Å². The van der Waals surface area contributed by atoms with Gasteiger partial charge >= 0.3 is 0 Å². The highest BCUT2D eigenvalue weighted by Crippen LogP contribution is 1.68. The van der Waals surface area contributed by atoms with Gasteiger partial charge in [-0.05, 0) is 6.08 Å². The van der Waals surface area contributed by atoms with Gasteiger partial charge in [-0.15, -0.1) is 12.0 Å². The minimum Gasteiger partial charge on any atom is -0.872 e. The lowest BCUT2D eigenvalue weighted by molar-refractivity contribution is -0.274. The molecule has 0 bridgehead atoms. The molecule has 0 aliphatic rings. The van der Waals surface area contributed by atoms with Gasteiger partial charge in [0.15, 0.2) is 0 Å². The maximum atomic E-state index is 9.49. The van der Waals surface area contributed by atoms with Crippen molar-refractivity contribution in [3.63, 3.8) is 0 Å². The monoisotopic (exact) mass is 97.0 g/mol. The number of aldehydes is 1. The van der Waals surface area contributed by atoms with E-state index in [0.29, 0.717) is 12.5 Å². The fourth-order valence-corrected chi connectivity index (χ4v) is 0.164. The van der Waals surface area contributed by atoms with Gasteiger partial charge in [0.2, 0.25) is 0 Å². The van der Waals surface area contributed by atoms with Crippen molar-refractivity contribution in [2.24, 2.45) is 0 Å². The van der Waals surface area contributed by atoms with Crippen LogP contribution in [0.5, 0.6) is 0 Å². The average Bonchev–Trinajstić information content (AvgIpc) is 1.69. The molecule has 2 heteroatoms. The van der Waals surface area contributed by atoms with E-state index in [-0.39, 0.29) is 6.42 Å². The Hall–Kier alpha value is -1.01. The predicted octanol–water partition coefficient (Wildman–Crippen LogP) is -0.396. The molecule has 0 amide bonds. The Labute approximate surface area is 41.8 Å². The second kappa shape index (κ2) is 4.99. The Morgan fingerprint density at radius 2 is 2.43 bits per heavy atom. The van der Waals surface area contributed by atoms with E-state index in [1.807, 2.05) is 0 Å². The molecule has 38 valence electrons. The first-order valence-corrected chi connectivity index (χ1v) is 1.87. The van der Waals surface area contributed by atoms with Crippen LogP contribution >= 0.6 is 0 Å². The Bertz CT molecular complexity index is 98.6. The molecule has 0 spiro atoms. The summed E-state index contributed by atoms with van der Waals surface area (Å²) < 4.78 is 0. The first-order chi connectivity index (χ1) is 3.41. The van der Waals surface area contributed by atoms with E-state index in [2.05, 4.69) is 5.73 Å². The summed E-state index contributed by atoms with van der Waals surface area (Å²) in [5.74, 6) is 0. The lowest BCUT2D eigenvalue weighted by Crippen LogP contribution is -1.80. The van der Waals surface area contributed by atoms with Crippen molar-refractivity contribution in [2.45, 2.75) is 6.42 Å². The Kier molecular flexibility index (Phi) is 4.27. The van der Waals surface area contributed by atoms with E-state index in [1.165, 1.54) is 6.08 Å². The number of carbonyl (C=O) groups excluding carboxylic acids is 1. The van der Waals surface area contributed by atoms with Gasteiger partial charge in [-0.1, -0.05) is 0 Å². The number of hydrogen-bond donors (Lipinski definition) is 0. The topological polar surface area (TPSA) is 40.1 Å². The minimum atomic E-state index is 0.277. The zero-order valence-corrected chi connectivity index (χ0v) is 3.76. The molecule has 0 unspecified atom stereocenters. The van der Waals surface area contributed by atoms with E-state index in [0.717, 1.165) is 0 Å². The fourth-order valence-electron chi connectivity index (χ4n) is 0.164. The third-order valence-corrected chi connectivity index (χ3v) is 0.400. The highest BCUT2D eigenvalue weighted by Gasteiger charge is 1.62. The Morgan fingerprint density at radius 1 is 1.71 bits per heavy atom. The van der Waals surface area contributed by atoms with E-state index in [4.69, 9.17) is 0 Å². The van der Waals surface area contributed by atoms with Crippen LogP contribution in [0.25, 0.3) is 0 Å². The van der Waals surface area contributed by atoms with E-state index in [1.54, 1.807) is 0 Å². The molecule has 0 N–H and O–H groups in total. The summed E-state index contributed by atoms with van der Waals surface area (Å²) in [4.78, 5) is 9.49. The second-order valence-electron chi connectivity index (χ2n) is 0.891. The molecule has 2 nitrogen and oxygen atoms in total. The van der Waals surface area contributed by atoms with Crippen LogP contribution in [0.4, 0.5) is 0 Å². The highest BCUT2D eigenvalue weighted by atomic mass is 16.2. The summed E-state index contributed by atoms with van der Waals surface area (Å²) in [5, 5.41) is 9.42. The van der Waals surface area contributed by atoms with Gasteiger partial charge in [-0.3, -0.25) is 0 Å². The van der Waals surface area contributed by atoms with Crippen molar-refractivity contribution in [1.29, 1.82) is 0 Å². The largest absolute Gasteiger partial charge is 0.872 e. The highest BCUT2D eigenvalue weighted by molar-refractivity contribution is 5.51. The summed E-state index contributed by atoms with van der Waals surface area (Å²) in [6.45, 7) is 0. The van der Waals surface area contributed by atoms with Crippen molar-refractivity contribution in [3.05, 3.63) is 18.1 Å². The molecule has 0 radical (unpaired) electrons. The van der Waals surface area contributed by atoms with Crippen LogP contribution in [0.15, 0.2) is 18.1 Å². The zero-order valence-electron chi connectivity index (χ0n) is 3.76. The lowest BCUT2D eigenvalue weighted by Gasteiger charge is -1.75. The van der Waals surface area contributed by atoms with Gasteiger partial charge in [0.05, 0.1) is 0 Å². The summed E-state index contributed by atoms with van der Waals surface area (Å²) in [7, 11) is 0. The SMILES string of the molecule is O=CCC=C=C[O-]. The first-order valence-electron chi connectivity index (χ1n) is 1.87. The summed E-state index contributed by atoms with van der Waals surface area (Å²) in [6.07, 6.45) is 2.87. The van der Waals surface area contributed by atoms with Crippen molar-refractivity contribution >= 4 is 6.29 Å². The van der Waals surface area contributed by atoms with Crippen molar-refractivity contribution in [3.8, 4) is 0 Å². The third kappa shape index (κ3) is 4.99. The molecule has 0 aromatic carbocycles. The first kappa shape index (κ1) is 5.99. The summed E-state index contributed by atoms with van der Waals surface area (Å²) in [6, 6.07) is 0. The van der Waals surface area contributed by atoms with Gasteiger partial charge in [-0.2, -0.15) is 0 Å². The number of allylic oxidation sites excluding steroid dienone is 1. The van der Waals surface area contributed by atoms with Crippen LogP contribution in [0.1, 0.15) is 6.42 Å². The Balaban J connectivity index is 3.27. The number of hydrogen-bond acceptors (Lipinski definition) is 2. The van der Waals surface area contributed by atoms with Crippen molar-refractivity contribution in [2.75, 3.05) is 0 Å². The van der Waals surface area contributed by atoms with Crippen LogP contribution in [0.2, 0.25) is 0 Å². The molecule has 0 aromatic rings. The standard InChI is InChI=1S/C5H6O2/c6-4-2-1-3-5-7/h1,4-5,7H,2H2/p-1. The molecule has 0 atom stereocenters. The molecule has 0 fully saturated rings. The third-order valence-electron chi connectivity index (χ3n) is 0.400. The normalized spacial score (nSPS) is 6.29. The molecule has 0 heterocycles. The maximum absolute atomic E-state index is 9.49. The summed E-state index contributed by atoms with van der Waals surface area (Å²) >= 11 is 0. The zero-order chi connectivity index (χ0) is 5.54. The fraction of sp³-hybridized carbons (Fsp3) is 0.200. The molecule has 7 heavy (non-hydrogen) atoms. The smallest absolute Gasteiger partial charge is 0.124 e. The molecule has 0 aromatic heterocycles. The van der Waals surface area contributed by atoms with Crippen LogP contribution in [0, 0.1) is 0 Å². The van der Waals surface area contributed by atoms with E-state index < -0.39 is 0 Å². The van der Waals surface area contributed by atoms with Crippen molar-refractivity contribution in [1.82, 2.24) is 0 Å². The van der Waals surface area contributed by atoms with Crippen LogP contribution in [-0.2, 0) is 4.79 Å². The summed E-state index contributed by atoms with van der Waals surface area (Å²) in [5.41, 5.74) is 2.21. The second-order valence-corrected chi connectivity index (χ2v) is 0.891. The lowest BCUT2D eigenvalue weighted by atomic mass is 10.5. The molecule has 0 saturated heterocycles. The van der Waals surface area contributed by atoms with Crippen LogP contribution < -0.4 is 5.11 Å². The van der Waals surface area contributed by atoms with Crippen LogP contribution in [0.3, 0.4) is 0 Å².